The van der Waals surface area contributed by atoms with Gasteiger partial charge in [-0.15, -0.1) is 0 Å². The molecule has 3 N–H and O–H groups in total. The van der Waals surface area contributed by atoms with Crippen molar-refractivity contribution in [3.05, 3.63) is 29.8 Å². The Morgan fingerprint density at radius 2 is 1.90 bits per heavy atom. The molecule has 6 heteroatoms. The highest BCUT2D eigenvalue weighted by Crippen LogP contribution is 2.22. The maximum Gasteiger partial charge on any atom is 0.324 e. The third-order valence-electron chi connectivity index (χ3n) is 3.69. The summed E-state index contributed by atoms with van der Waals surface area (Å²) >= 11 is 0. The smallest absolute Gasteiger partial charge is 0.324 e. The molecule has 0 aliphatic carbocycles. The minimum Gasteiger partial charge on any atom is -0.480 e. The van der Waals surface area contributed by atoms with E-state index < -0.39 is 12.0 Å². The summed E-state index contributed by atoms with van der Waals surface area (Å²) in [6, 6.07) is 6.63. The van der Waals surface area contributed by atoms with Crippen molar-refractivity contribution in [3.8, 4) is 0 Å². The molecule has 0 radical (unpaired) electrons. The first kappa shape index (κ1) is 15.3. The number of nitrogens with zero attached hydrogens (tertiary/aromatic N) is 2. The van der Waals surface area contributed by atoms with Crippen molar-refractivity contribution in [1.82, 2.24) is 4.90 Å². The van der Waals surface area contributed by atoms with E-state index in [1.807, 2.05) is 43.0 Å². The lowest BCUT2D eigenvalue weighted by Gasteiger charge is -2.22. The summed E-state index contributed by atoms with van der Waals surface area (Å²) in [4.78, 5) is 26.6. The van der Waals surface area contributed by atoms with E-state index in [-0.39, 0.29) is 18.5 Å². The van der Waals surface area contributed by atoms with Crippen molar-refractivity contribution in [2.24, 2.45) is 5.73 Å². The van der Waals surface area contributed by atoms with Gasteiger partial charge in [0.05, 0.1) is 0 Å². The van der Waals surface area contributed by atoms with Gasteiger partial charge < -0.3 is 15.7 Å². The van der Waals surface area contributed by atoms with Crippen LogP contribution in [-0.2, 0) is 11.2 Å². The van der Waals surface area contributed by atoms with Gasteiger partial charge >= 0.3 is 12.0 Å². The molecule has 1 fully saturated rings. The topological polar surface area (TPSA) is 86.9 Å². The number of hydrogen-bond donors (Lipinski definition) is 2. The van der Waals surface area contributed by atoms with Crippen LogP contribution in [0.15, 0.2) is 24.3 Å². The van der Waals surface area contributed by atoms with Crippen LogP contribution in [0, 0.1) is 0 Å². The molecular weight excluding hydrogens is 270 g/mol. The Bertz CT molecular complexity index is 527. The molecule has 21 heavy (non-hydrogen) atoms. The predicted molar refractivity (Wildman–Crippen MR) is 80.3 cm³/mol. The van der Waals surface area contributed by atoms with Crippen LogP contribution in [0.25, 0.3) is 0 Å². The van der Waals surface area contributed by atoms with Gasteiger partial charge in [-0.25, -0.2) is 4.79 Å². The average molecular weight is 291 g/mol. The van der Waals surface area contributed by atoms with Crippen molar-refractivity contribution in [3.63, 3.8) is 0 Å². The number of carboxylic acid groups (broad SMARTS) is 1. The average Bonchev–Trinajstić information content (AvgIpc) is 2.81. The Balaban J connectivity index is 2.06. The van der Waals surface area contributed by atoms with Crippen LogP contribution in [-0.4, -0.2) is 47.2 Å². The monoisotopic (exact) mass is 291 g/mol. The Hall–Kier alpha value is -2.08. The van der Waals surface area contributed by atoms with Crippen LogP contribution in [0.5, 0.6) is 0 Å². The molecule has 1 atom stereocenters. The Labute approximate surface area is 124 Å². The first-order valence-electron chi connectivity index (χ1n) is 7.05. The second kappa shape index (κ2) is 6.13. The number of hydrogen-bond acceptors (Lipinski definition) is 3. The third-order valence-corrected chi connectivity index (χ3v) is 3.69. The zero-order valence-electron chi connectivity index (χ0n) is 12.3. The van der Waals surface area contributed by atoms with E-state index in [2.05, 4.69) is 0 Å². The molecule has 6 nitrogen and oxygen atoms in total. The summed E-state index contributed by atoms with van der Waals surface area (Å²) in [6.45, 7) is 5.39. The lowest BCUT2D eigenvalue weighted by atomic mass is 10.1. The number of amides is 2. The van der Waals surface area contributed by atoms with Crippen molar-refractivity contribution in [2.75, 3.05) is 18.0 Å². The Morgan fingerprint density at radius 3 is 2.38 bits per heavy atom. The third kappa shape index (κ3) is 3.33. The molecule has 1 aromatic rings. The number of carbonyl (C=O) groups is 2. The normalized spacial score (nSPS) is 16.7. The lowest BCUT2D eigenvalue weighted by Crippen LogP contribution is -2.36. The first-order valence-corrected chi connectivity index (χ1v) is 7.05. The SMILES string of the molecule is CC(C)N1CCN(c2ccc(CC(N)C(=O)O)cc2)C1=O. The van der Waals surface area contributed by atoms with Gasteiger partial charge in [0, 0.05) is 24.8 Å². The largest absolute Gasteiger partial charge is 0.480 e. The Kier molecular flexibility index (Phi) is 4.47. The fraction of sp³-hybridized carbons (Fsp3) is 0.467. The van der Waals surface area contributed by atoms with E-state index in [1.165, 1.54) is 0 Å². The van der Waals surface area contributed by atoms with Crippen molar-refractivity contribution >= 4 is 17.7 Å². The summed E-state index contributed by atoms with van der Waals surface area (Å²) < 4.78 is 0. The van der Waals surface area contributed by atoms with Crippen molar-refractivity contribution in [2.45, 2.75) is 32.4 Å². The number of rotatable bonds is 5. The molecule has 1 aliphatic rings. The van der Waals surface area contributed by atoms with Crippen LogP contribution in [0.2, 0.25) is 0 Å². The molecule has 0 aromatic heterocycles. The highest BCUT2D eigenvalue weighted by atomic mass is 16.4. The van der Waals surface area contributed by atoms with E-state index in [1.54, 1.807) is 4.90 Å². The quantitative estimate of drug-likeness (QED) is 0.856. The van der Waals surface area contributed by atoms with Gasteiger partial charge in [0.15, 0.2) is 0 Å². The van der Waals surface area contributed by atoms with E-state index in [4.69, 9.17) is 10.8 Å². The van der Waals surface area contributed by atoms with E-state index in [0.717, 1.165) is 17.8 Å². The summed E-state index contributed by atoms with van der Waals surface area (Å²) in [6.07, 6.45) is 0.279. The second-order valence-electron chi connectivity index (χ2n) is 5.54. The number of urea groups is 1. The number of anilines is 1. The number of nitrogens with two attached hydrogens (primary N) is 1. The van der Waals surface area contributed by atoms with Gasteiger partial charge in [0.25, 0.3) is 0 Å². The van der Waals surface area contributed by atoms with Crippen LogP contribution in [0.3, 0.4) is 0 Å². The van der Waals surface area contributed by atoms with E-state index in [0.29, 0.717) is 6.54 Å². The number of carboxylic acids is 1. The molecule has 0 spiro atoms. The van der Waals surface area contributed by atoms with E-state index >= 15 is 0 Å². The van der Waals surface area contributed by atoms with Crippen molar-refractivity contribution in [1.29, 1.82) is 0 Å². The number of benzene rings is 1. The highest BCUT2D eigenvalue weighted by molar-refractivity contribution is 5.94. The van der Waals surface area contributed by atoms with Crippen LogP contribution >= 0.6 is 0 Å². The molecule has 1 aromatic carbocycles. The maximum absolute atomic E-state index is 12.3. The van der Waals surface area contributed by atoms with E-state index in [9.17, 15) is 9.59 Å². The van der Waals surface area contributed by atoms with Crippen LogP contribution in [0.1, 0.15) is 19.4 Å². The summed E-state index contributed by atoms with van der Waals surface area (Å²) in [5, 5.41) is 8.80. The zero-order valence-corrected chi connectivity index (χ0v) is 12.3. The zero-order chi connectivity index (χ0) is 15.6. The summed E-state index contributed by atoms with van der Waals surface area (Å²) in [5.74, 6) is -1.01. The second-order valence-corrected chi connectivity index (χ2v) is 5.54. The molecule has 1 saturated heterocycles. The molecule has 1 aliphatic heterocycles. The van der Waals surface area contributed by atoms with Gasteiger partial charge in [0.1, 0.15) is 6.04 Å². The highest BCUT2D eigenvalue weighted by Gasteiger charge is 2.30. The summed E-state index contributed by atoms with van der Waals surface area (Å²) in [5.41, 5.74) is 7.19. The van der Waals surface area contributed by atoms with Crippen LogP contribution < -0.4 is 10.6 Å². The molecule has 1 heterocycles. The molecule has 2 rings (SSSR count). The van der Waals surface area contributed by atoms with Gasteiger partial charge in [-0.3, -0.25) is 9.69 Å². The van der Waals surface area contributed by atoms with Crippen molar-refractivity contribution < 1.29 is 14.7 Å². The molecule has 114 valence electrons. The van der Waals surface area contributed by atoms with Gasteiger partial charge in [-0.05, 0) is 38.0 Å². The first-order chi connectivity index (χ1) is 9.90. The molecular formula is C15H21N3O3. The lowest BCUT2D eigenvalue weighted by molar-refractivity contribution is -0.138. The number of carbonyl (C=O) groups excluding carboxylic acids is 1. The fourth-order valence-corrected chi connectivity index (χ4v) is 2.43. The molecule has 1 unspecified atom stereocenters. The minimum absolute atomic E-state index is 0.0139. The van der Waals surface area contributed by atoms with Crippen LogP contribution in [0.4, 0.5) is 10.5 Å². The maximum atomic E-state index is 12.3. The molecule has 0 saturated carbocycles. The standard InChI is InChI=1S/C15H21N3O3/c1-10(2)17-7-8-18(15(17)21)12-5-3-11(4-6-12)9-13(16)14(19)20/h3-6,10,13H,7-9,16H2,1-2H3,(H,19,20). The van der Waals surface area contributed by atoms with Gasteiger partial charge in [-0.2, -0.15) is 0 Å². The van der Waals surface area contributed by atoms with Gasteiger partial charge in [0.2, 0.25) is 0 Å². The fourth-order valence-electron chi connectivity index (χ4n) is 2.43. The number of aliphatic carboxylic acids is 1. The predicted octanol–water partition coefficient (Wildman–Crippen LogP) is 1.29. The minimum atomic E-state index is -1.01. The van der Waals surface area contributed by atoms with Gasteiger partial charge in [-0.1, -0.05) is 12.1 Å². The molecule has 2 amide bonds. The molecule has 0 bridgehead atoms. The summed E-state index contributed by atoms with van der Waals surface area (Å²) in [7, 11) is 0. The Morgan fingerprint density at radius 1 is 1.29 bits per heavy atom.